The first-order valence-electron chi connectivity index (χ1n) is 12.6. The van der Waals surface area contributed by atoms with Crippen LogP contribution in [0.4, 0.5) is 0 Å². The molecule has 2 bridgehead atoms. The first-order chi connectivity index (χ1) is 16.3. The Labute approximate surface area is 206 Å². The van der Waals surface area contributed by atoms with Crippen LogP contribution < -0.4 is 0 Å². The minimum absolute atomic E-state index is 0.0355. The lowest BCUT2D eigenvalue weighted by atomic mass is 9.59. The molecule has 0 radical (unpaired) electrons. The van der Waals surface area contributed by atoms with Crippen molar-refractivity contribution in [1.29, 1.82) is 0 Å². The Morgan fingerprint density at radius 1 is 1.17 bits per heavy atom. The van der Waals surface area contributed by atoms with E-state index in [1.54, 1.807) is 19.1 Å². The van der Waals surface area contributed by atoms with Crippen LogP contribution in [0.5, 0.6) is 0 Å². The standard InChI is InChI=1S/C29H36O6/c1-14-8-7-9-15(2)21(14)26(33)35-25-16(3)12-28-17(4)10-20-22(27(20,5)6)19(24(28)32)11-18(13-30)23(31)29(25,28)34/h7-9,11-12,17,19-20,22-23,25,30-31,34H,10,13H2,1-6H3/t17-,19+,20-,22+,23-,25+,28+,29+/m1/s1. The molecule has 0 aliphatic heterocycles. The highest BCUT2D eigenvalue weighted by Gasteiger charge is 2.76. The molecule has 0 amide bonds. The molecule has 2 saturated carbocycles. The van der Waals surface area contributed by atoms with Gasteiger partial charge in [0.1, 0.15) is 6.10 Å². The summed E-state index contributed by atoms with van der Waals surface area (Å²) in [6.07, 6.45) is 1.37. The summed E-state index contributed by atoms with van der Waals surface area (Å²) in [4.78, 5) is 27.8. The Hall–Kier alpha value is -2.28. The van der Waals surface area contributed by atoms with Gasteiger partial charge in [-0.2, -0.15) is 0 Å². The second-order valence-electron chi connectivity index (χ2n) is 11.9. The number of aliphatic hydroxyl groups excluding tert-OH is 2. The third-order valence-corrected chi connectivity index (χ3v) is 9.81. The van der Waals surface area contributed by atoms with E-state index < -0.39 is 41.7 Å². The van der Waals surface area contributed by atoms with Crippen LogP contribution in [-0.2, 0) is 9.53 Å². The topological polar surface area (TPSA) is 104 Å². The zero-order valence-electron chi connectivity index (χ0n) is 21.3. The Morgan fingerprint density at radius 2 is 1.80 bits per heavy atom. The number of fused-ring (bicyclic) bond motifs is 3. The van der Waals surface area contributed by atoms with Gasteiger partial charge in [0.15, 0.2) is 17.5 Å². The SMILES string of the molecule is CC1=C[C@]23C(=O)[C@@H](C=C(CO)[C@@H](O)[C@]2(O)[C@H]1OC(=O)c1c(C)cccc1C)[C@H]1[C@@H](C[C@H]3C)C1(C)C. The number of allylic oxidation sites excluding steroid dienone is 1. The first-order valence-corrected chi connectivity index (χ1v) is 12.6. The monoisotopic (exact) mass is 480 g/mol. The number of carbonyl (C=O) groups excluding carboxylic acids is 2. The lowest BCUT2D eigenvalue weighted by Gasteiger charge is -2.48. The predicted molar refractivity (Wildman–Crippen MR) is 130 cm³/mol. The molecule has 1 aromatic carbocycles. The van der Waals surface area contributed by atoms with Crippen molar-refractivity contribution in [2.24, 2.45) is 34.5 Å². The Bertz CT molecular complexity index is 1160. The second-order valence-corrected chi connectivity index (χ2v) is 11.9. The van der Waals surface area contributed by atoms with Gasteiger partial charge in [-0.3, -0.25) is 4.79 Å². The Balaban J connectivity index is 1.65. The van der Waals surface area contributed by atoms with Gasteiger partial charge in [0.05, 0.1) is 17.6 Å². The molecule has 1 spiro atoms. The molecule has 0 aromatic heterocycles. The number of Topliss-reactive ketones (excluding diaryl/α,β-unsaturated/α-hetero) is 1. The largest absolute Gasteiger partial charge is 0.451 e. The van der Waals surface area contributed by atoms with E-state index in [0.29, 0.717) is 17.1 Å². The summed E-state index contributed by atoms with van der Waals surface area (Å²) in [6, 6.07) is 5.50. The summed E-state index contributed by atoms with van der Waals surface area (Å²) in [5.41, 5.74) is -0.935. The van der Waals surface area contributed by atoms with Crippen molar-refractivity contribution in [3.8, 4) is 0 Å². The van der Waals surface area contributed by atoms with Crippen LogP contribution in [0.25, 0.3) is 0 Å². The number of hydrogen-bond acceptors (Lipinski definition) is 6. The molecule has 4 aliphatic rings. The molecule has 0 heterocycles. The van der Waals surface area contributed by atoms with Gasteiger partial charge in [0, 0.05) is 5.92 Å². The summed E-state index contributed by atoms with van der Waals surface area (Å²) in [5.74, 6) is -1.20. The van der Waals surface area contributed by atoms with Crippen molar-refractivity contribution < 1.29 is 29.6 Å². The average Bonchev–Trinajstić information content (AvgIpc) is 3.27. The lowest BCUT2D eigenvalue weighted by Crippen LogP contribution is -2.65. The molecule has 5 rings (SSSR count). The van der Waals surface area contributed by atoms with Gasteiger partial charge in [-0.25, -0.2) is 4.79 Å². The summed E-state index contributed by atoms with van der Waals surface area (Å²) >= 11 is 0. The maximum absolute atomic E-state index is 14.4. The van der Waals surface area contributed by atoms with Crippen molar-refractivity contribution in [3.05, 3.63) is 58.2 Å². The second kappa shape index (κ2) is 7.61. The van der Waals surface area contributed by atoms with Crippen molar-refractivity contribution in [2.45, 2.75) is 65.8 Å². The lowest BCUT2D eigenvalue weighted by molar-refractivity contribution is -0.190. The fourth-order valence-electron chi connectivity index (χ4n) is 7.90. The molecule has 188 valence electrons. The Kier molecular flexibility index (Phi) is 5.31. The third-order valence-electron chi connectivity index (χ3n) is 9.81. The molecule has 8 atom stereocenters. The fourth-order valence-corrected chi connectivity index (χ4v) is 7.90. The summed E-state index contributed by atoms with van der Waals surface area (Å²) in [5, 5.41) is 34.3. The van der Waals surface area contributed by atoms with Crippen molar-refractivity contribution in [1.82, 2.24) is 0 Å². The van der Waals surface area contributed by atoms with Crippen LogP contribution in [-0.4, -0.2) is 51.5 Å². The molecular formula is C29H36O6. The van der Waals surface area contributed by atoms with Gasteiger partial charge in [0.2, 0.25) is 0 Å². The molecule has 3 N–H and O–H groups in total. The maximum Gasteiger partial charge on any atom is 0.339 e. The van der Waals surface area contributed by atoms with E-state index in [4.69, 9.17) is 4.74 Å². The summed E-state index contributed by atoms with van der Waals surface area (Å²) in [6.45, 7) is 11.2. The normalized spacial score (nSPS) is 41.1. The highest BCUT2D eigenvalue weighted by molar-refractivity contribution is 5.96. The zero-order chi connectivity index (χ0) is 25.7. The molecule has 2 fully saturated rings. The summed E-state index contributed by atoms with van der Waals surface area (Å²) in [7, 11) is 0. The van der Waals surface area contributed by atoms with E-state index in [2.05, 4.69) is 13.8 Å². The predicted octanol–water partition coefficient (Wildman–Crippen LogP) is 3.30. The van der Waals surface area contributed by atoms with Crippen molar-refractivity contribution in [3.63, 3.8) is 0 Å². The highest BCUT2D eigenvalue weighted by Crippen LogP contribution is 2.71. The molecule has 35 heavy (non-hydrogen) atoms. The van der Waals surface area contributed by atoms with Crippen LogP contribution in [0.2, 0.25) is 0 Å². The Morgan fingerprint density at radius 3 is 2.40 bits per heavy atom. The minimum Gasteiger partial charge on any atom is -0.451 e. The third kappa shape index (κ3) is 2.93. The smallest absolute Gasteiger partial charge is 0.339 e. The molecule has 6 heteroatoms. The van der Waals surface area contributed by atoms with Crippen molar-refractivity contribution >= 4 is 11.8 Å². The molecule has 0 unspecified atom stereocenters. The van der Waals surface area contributed by atoms with Crippen LogP contribution in [0.3, 0.4) is 0 Å². The zero-order valence-corrected chi connectivity index (χ0v) is 21.3. The van der Waals surface area contributed by atoms with E-state index in [0.717, 1.165) is 17.5 Å². The quantitative estimate of drug-likeness (QED) is 0.453. The van der Waals surface area contributed by atoms with Crippen LogP contribution >= 0.6 is 0 Å². The number of aryl methyl sites for hydroxylation is 2. The van der Waals surface area contributed by atoms with Gasteiger partial charge in [0.25, 0.3) is 0 Å². The number of ether oxygens (including phenoxy) is 1. The van der Waals surface area contributed by atoms with Crippen LogP contribution in [0, 0.1) is 48.3 Å². The summed E-state index contributed by atoms with van der Waals surface area (Å²) < 4.78 is 5.99. The van der Waals surface area contributed by atoms with E-state index in [1.165, 1.54) is 0 Å². The number of hydrogen-bond donors (Lipinski definition) is 3. The molecule has 6 nitrogen and oxygen atoms in total. The van der Waals surface area contributed by atoms with Gasteiger partial charge in [-0.05, 0) is 72.6 Å². The van der Waals surface area contributed by atoms with E-state index >= 15 is 0 Å². The molecule has 0 saturated heterocycles. The van der Waals surface area contributed by atoms with Crippen LogP contribution in [0.15, 0.2) is 41.5 Å². The van der Waals surface area contributed by atoms with E-state index in [-0.39, 0.29) is 28.6 Å². The number of esters is 1. The van der Waals surface area contributed by atoms with E-state index in [1.807, 2.05) is 39.0 Å². The van der Waals surface area contributed by atoms with Crippen molar-refractivity contribution in [2.75, 3.05) is 6.61 Å². The number of rotatable bonds is 3. The fraction of sp³-hybridized carbons (Fsp3) is 0.586. The molecule has 4 aliphatic carbocycles. The molecule has 1 aromatic rings. The van der Waals surface area contributed by atoms with Crippen LogP contribution in [0.1, 0.15) is 55.6 Å². The minimum atomic E-state index is -2.12. The maximum atomic E-state index is 14.4. The number of carbonyl (C=O) groups is 2. The molecular weight excluding hydrogens is 444 g/mol. The number of benzene rings is 1. The van der Waals surface area contributed by atoms with Gasteiger partial charge < -0.3 is 20.1 Å². The number of ketones is 1. The van der Waals surface area contributed by atoms with E-state index in [9.17, 15) is 24.9 Å². The van der Waals surface area contributed by atoms with Gasteiger partial charge in [-0.15, -0.1) is 0 Å². The average molecular weight is 481 g/mol. The van der Waals surface area contributed by atoms with Gasteiger partial charge in [-0.1, -0.05) is 51.1 Å². The first kappa shape index (κ1) is 24.4. The highest BCUT2D eigenvalue weighted by atomic mass is 16.6. The number of aliphatic hydroxyl groups is 3. The van der Waals surface area contributed by atoms with Gasteiger partial charge >= 0.3 is 5.97 Å².